The summed E-state index contributed by atoms with van der Waals surface area (Å²) in [6.45, 7) is 1.96. The van der Waals surface area contributed by atoms with Crippen molar-refractivity contribution in [1.29, 1.82) is 0 Å². The smallest absolute Gasteiger partial charge is 0.169 e. The molecule has 1 fully saturated rings. The maximum absolute atomic E-state index is 13.8. The summed E-state index contributed by atoms with van der Waals surface area (Å²) in [4.78, 5) is 1.97. The topological polar surface area (TPSA) is 71.1 Å². The molecule has 0 spiro atoms. The van der Waals surface area contributed by atoms with E-state index in [0.29, 0.717) is 31.8 Å². The number of ether oxygens (including phenoxy) is 1. The van der Waals surface area contributed by atoms with Crippen molar-refractivity contribution in [2.24, 2.45) is 10.9 Å². The van der Waals surface area contributed by atoms with Crippen LogP contribution in [0.4, 0.5) is 4.39 Å². The van der Waals surface area contributed by atoms with E-state index in [2.05, 4.69) is 5.16 Å². The van der Waals surface area contributed by atoms with E-state index in [0.717, 1.165) is 0 Å². The minimum Gasteiger partial charge on any atom is -0.409 e. The van der Waals surface area contributed by atoms with Gasteiger partial charge in [-0.3, -0.25) is 4.90 Å². The van der Waals surface area contributed by atoms with Crippen LogP contribution in [0.5, 0.6) is 0 Å². The molecule has 1 aromatic carbocycles. The third-order valence-corrected chi connectivity index (χ3v) is 3.31. The van der Waals surface area contributed by atoms with Crippen LogP contribution in [0.15, 0.2) is 23.4 Å². The van der Waals surface area contributed by atoms with Crippen molar-refractivity contribution in [3.05, 3.63) is 34.6 Å². The quantitative estimate of drug-likeness (QED) is 0.382. The molecule has 5 nitrogen and oxygen atoms in total. The molecule has 1 unspecified atom stereocenters. The third kappa shape index (κ3) is 3.34. The molecule has 1 atom stereocenters. The summed E-state index contributed by atoms with van der Waals surface area (Å²) in [5.41, 5.74) is 6.03. The molecule has 1 aromatic rings. The van der Waals surface area contributed by atoms with E-state index in [1.165, 1.54) is 6.07 Å². The second-order valence-electron chi connectivity index (χ2n) is 4.33. The lowest BCUT2D eigenvalue weighted by Crippen LogP contribution is -2.48. The van der Waals surface area contributed by atoms with Crippen LogP contribution in [0.2, 0.25) is 5.02 Å². The molecule has 1 heterocycles. The Morgan fingerprint density at radius 3 is 3.16 bits per heavy atom. The second kappa shape index (κ2) is 6.18. The fourth-order valence-electron chi connectivity index (χ4n) is 2.00. The number of hydrogen-bond donors (Lipinski definition) is 2. The van der Waals surface area contributed by atoms with Gasteiger partial charge < -0.3 is 15.7 Å². The molecule has 0 amide bonds. The minimum atomic E-state index is -0.471. The van der Waals surface area contributed by atoms with Crippen LogP contribution in [-0.2, 0) is 11.3 Å². The standard InChI is InChI=1S/C12H15ClFN3O2/c13-9-3-1-2-8(11(9)14)6-17-4-5-19-10(7-17)12(15)16-18/h1-3,10,18H,4-7H2,(H2,15,16). The van der Waals surface area contributed by atoms with Crippen molar-refractivity contribution in [3.8, 4) is 0 Å². The first-order chi connectivity index (χ1) is 9.11. The van der Waals surface area contributed by atoms with Gasteiger partial charge >= 0.3 is 0 Å². The summed E-state index contributed by atoms with van der Waals surface area (Å²) in [6, 6.07) is 4.91. The van der Waals surface area contributed by atoms with Gasteiger partial charge in [0.15, 0.2) is 5.84 Å². The summed E-state index contributed by atoms with van der Waals surface area (Å²) < 4.78 is 19.2. The Labute approximate surface area is 115 Å². The lowest BCUT2D eigenvalue weighted by molar-refractivity contribution is 0.00106. The molecule has 0 aromatic heterocycles. The number of hydrogen-bond acceptors (Lipinski definition) is 4. The fourth-order valence-corrected chi connectivity index (χ4v) is 2.20. The predicted molar refractivity (Wildman–Crippen MR) is 69.8 cm³/mol. The molecule has 0 bridgehead atoms. The van der Waals surface area contributed by atoms with E-state index in [1.807, 2.05) is 4.90 Å². The maximum atomic E-state index is 13.8. The van der Waals surface area contributed by atoms with Gasteiger partial charge in [-0.05, 0) is 6.07 Å². The average molecular weight is 288 g/mol. The lowest BCUT2D eigenvalue weighted by atomic mass is 10.1. The highest BCUT2D eigenvalue weighted by molar-refractivity contribution is 6.30. The lowest BCUT2D eigenvalue weighted by Gasteiger charge is -2.32. The molecule has 0 saturated carbocycles. The van der Waals surface area contributed by atoms with E-state index >= 15 is 0 Å². The van der Waals surface area contributed by atoms with Gasteiger partial charge in [-0.2, -0.15) is 0 Å². The monoisotopic (exact) mass is 287 g/mol. The van der Waals surface area contributed by atoms with Gasteiger partial charge in [0.1, 0.15) is 11.9 Å². The van der Waals surface area contributed by atoms with Gasteiger partial charge in [0.2, 0.25) is 0 Å². The summed E-state index contributed by atoms with van der Waals surface area (Å²) in [5, 5.41) is 11.7. The third-order valence-electron chi connectivity index (χ3n) is 3.02. The van der Waals surface area contributed by atoms with Gasteiger partial charge in [0.05, 0.1) is 11.6 Å². The van der Waals surface area contributed by atoms with Crippen LogP contribution in [0.3, 0.4) is 0 Å². The van der Waals surface area contributed by atoms with Crippen molar-refractivity contribution in [3.63, 3.8) is 0 Å². The summed E-state index contributed by atoms with van der Waals surface area (Å²) in [7, 11) is 0. The van der Waals surface area contributed by atoms with Crippen molar-refractivity contribution < 1.29 is 14.3 Å². The number of morpholine rings is 1. The van der Waals surface area contributed by atoms with Crippen molar-refractivity contribution >= 4 is 17.4 Å². The SMILES string of the molecule is N/C(=N/O)C1CN(Cc2cccc(Cl)c2F)CCO1. The Morgan fingerprint density at radius 2 is 2.42 bits per heavy atom. The van der Waals surface area contributed by atoms with E-state index in [9.17, 15) is 4.39 Å². The van der Waals surface area contributed by atoms with E-state index < -0.39 is 11.9 Å². The highest BCUT2D eigenvalue weighted by Gasteiger charge is 2.24. The molecule has 0 radical (unpaired) electrons. The van der Waals surface area contributed by atoms with Gasteiger partial charge in [-0.25, -0.2) is 4.39 Å². The summed E-state index contributed by atoms with van der Waals surface area (Å²) >= 11 is 5.74. The zero-order valence-electron chi connectivity index (χ0n) is 10.2. The van der Waals surface area contributed by atoms with Crippen molar-refractivity contribution in [2.75, 3.05) is 19.7 Å². The van der Waals surface area contributed by atoms with Crippen molar-refractivity contribution in [1.82, 2.24) is 4.90 Å². The first-order valence-corrected chi connectivity index (χ1v) is 6.24. The summed E-state index contributed by atoms with van der Waals surface area (Å²) in [6.07, 6.45) is -0.471. The average Bonchev–Trinajstić information content (AvgIpc) is 2.43. The van der Waals surface area contributed by atoms with Crippen LogP contribution in [0, 0.1) is 5.82 Å². The van der Waals surface area contributed by atoms with E-state index in [4.69, 9.17) is 27.3 Å². The molecule has 19 heavy (non-hydrogen) atoms. The molecule has 1 aliphatic rings. The Hall–Kier alpha value is -1.37. The number of nitrogens with zero attached hydrogens (tertiary/aromatic N) is 2. The number of rotatable bonds is 3. The highest BCUT2D eigenvalue weighted by atomic mass is 35.5. The second-order valence-corrected chi connectivity index (χ2v) is 4.74. The van der Waals surface area contributed by atoms with Gasteiger partial charge in [-0.15, -0.1) is 0 Å². The Bertz CT molecular complexity index is 484. The molecule has 3 N–H and O–H groups in total. The predicted octanol–water partition coefficient (Wildman–Crippen LogP) is 1.43. The Kier molecular flexibility index (Phi) is 4.57. The number of nitrogens with two attached hydrogens (primary N) is 1. The molecule has 1 aliphatic heterocycles. The van der Waals surface area contributed by atoms with Crippen LogP contribution in [0.1, 0.15) is 5.56 Å². The van der Waals surface area contributed by atoms with Gasteiger partial charge in [0.25, 0.3) is 0 Å². The van der Waals surface area contributed by atoms with E-state index in [-0.39, 0.29) is 10.9 Å². The molecule has 1 saturated heterocycles. The van der Waals surface area contributed by atoms with Crippen LogP contribution < -0.4 is 5.73 Å². The van der Waals surface area contributed by atoms with Crippen LogP contribution >= 0.6 is 11.6 Å². The zero-order valence-corrected chi connectivity index (χ0v) is 11.0. The fraction of sp³-hybridized carbons (Fsp3) is 0.417. The van der Waals surface area contributed by atoms with Gasteiger partial charge in [0, 0.05) is 25.2 Å². The van der Waals surface area contributed by atoms with Crippen LogP contribution in [0.25, 0.3) is 0 Å². The largest absolute Gasteiger partial charge is 0.409 e. The highest BCUT2D eigenvalue weighted by Crippen LogP contribution is 2.20. The number of amidine groups is 1. The Morgan fingerprint density at radius 1 is 1.63 bits per heavy atom. The molecule has 2 rings (SSSR count). The molecule has 7 heteroatoms. The number of halogens is 2. The zero-order chi connectivity index (χ0) is 13.8. The first kappa shape index (κ1) is 14.0. The van der Waals surface area contributed by atoms with Crippen molar-refractivity contribution in [2.45, 2.75) is 12.6 Å². The first-order valence-electron chi connectivity index (χ1n) is 5.86. The van der Waals surface area contributed by atoms with Crippen LogP contribution in [-0.4, -0.2) is 41.7 Å². The number of benzene rings is 1. The summed E-state index contributed by atoms with van der Waals surface area (Å²) in [5.74, 6) is -0.382. The maximum Gasteiger partial charge on any atom is 0.169 e. The molecular formula is C12H15ClFN3O2. The van der Waals surface area contributed by atoms with E-state index in [1.54, 1.807) is 12.1 Å². The Balaban J connectivity index is 2.05. The number of oxime groups is 1. The van der Waals surface area contributed by atoms with Gasteiger partial charge in [-0.1, -0.05) is 28.9 Å². The molecule has 104 valence electrons. The normalized spacial score (nSPS) is 21.6. The molecular weight excluding hydrogens is 273 g/mol. The molecule has 0 aliphatic carbocycles. The minimum absolute atomic E-state index is 0.0243.